The number of hydrogen-bond donors (Lipinski definition) is 1. The number of hydrogen-bond acceptors (Lipinski definition) is 3. The summed E-state index contributed by atoms with van der Waals surface area (Å²) in [5, 5.41) is 0. The Hall–Kier alpha value is -1.07. The number of benzene rings is 1. The largest absolute Gasteiger partial charge is 0.399 e. The van der Waals surface area contributed by atoms with Crippen molar-refractivity contribution in [3.63, 3.8) is 0 Å². The molecule has 0 spiro atoms. The first-order valence-corrected chi connectivity index (χ1v) is 7.53. The molecule has 1 aliphatic heterocycles. The third-order valence-electron chi connectivity index (χ3n) is 3.32. The number of rotatable bonds is 1. The van der Waals surface area contributed by atoms with E-state index in [1.165, 1.54) is 5.56 Å². The van der Waals surface area contributed by atoms with Gasteiger partial charge in [-0.15, -0.1) is 0 Å². The van der Waals surface area contributed by atoms with Crippen LogP contribution >= 0.6 is 0 Å². The Labute approximate surface area is 109 Å². The van der Waals surface area contributed by atoms with Crippen molar-refractivity contribution in [1.82, 2.24) is 4.31 Å². The van der Waals surface area contributed by atoms with E-state index in [4.69, 9.17) is 5.73 Å². The molecule has 0 saturated carbocycles. The summed E-state index contributed by atoms with van der Waals surface area (Å²) in [6.07, 6.45) is 0.755. The molecule has 4 nitrogen and oxygen atoms in total. The van der Waals surface area contributed by atoms with Gasteiger partial charge in [0.25, 0.3) is 0 Å². The van der Waals surface area contributed by atoms with Crippen LogP contribution in [0.3, 0.4) is 0 Å². The van der Waals surface area contributed by atoms with E-state index in [1.54, 1.807) is 25.1 Å². The van der Waals surface area contributed by atoms with E-state index < -0.39 is 14.8 Å². The van der Waals surface area contributed by atoms with Crippen LogP contribution < -0.4 is 5.73 Å². The van der Waals surface area contributed by atoms with Gasteiger partial charge in [-0.1, -0.05) is 6.07 Å². The average Bonchev–Trinajstić information content (AvgIpc) is 2.26. The molecule has 1 aromatic carbocycles. The van der Waals surface area contributed by atoms with Gasteiger partial charge >= 0.3 is 0 Å². The molecule has 1 aromatic rings. The van der Waals surface area contributed by atoms with Gasteiger partial charge in [0, 0.05) is 18.8 Å². The Morgan fingerprint density at radius 3 is 2.50 bits per heavy atom. The molecule has 0 atom stereocenters. The highest BCUT2D eigenvalue weighted by Crippen LogP contribution is 2.28. The van der Waals surface area contributed by atoms with Crippen molar-refractivity contribution < 1.29 is 8.42 Å². The maximum Gasteiger partial charge on any atom is 0.219 e. The Morgan fingerprint density at radius 2 is 1.89 bits per heavy atom. The summed E-state index contributed by atoms with van der Waals surface area (Å²) < 4.78 is 25.6. The smallest absolute Gasteiger partial charge is 0.219 e. The van der Waals surface area contributed by atoms with Crippen LogP contribution in [0.4, 0.5) is 5.69 Å². The standard InChI is InChI=1S/C13H20N2O2S/c1-13(2,3)18(16,17)15-7-6-10-4-5-12(14)8-11(10)9-15/h4-5,8H,6-7,9,14H2,1-3H3. The third-order valence-corrected chi connectivity index (χ3v) is 5.86. The van der Waals surface area contributed by atoms with Gasteiger partial charge in [-0.2, -0.15) is 4.31 Å². The molecule has 0 saturated heterocycles. The summed E-state index contributed by atoms with van der Waals surface area (Å²) in [7, 11) is -3.26. The lowest BCUT2D eigenvalue weighted by Gasteiger charge is -2.33. The SMILES string of the molecule is CC(C)(C)S(=O)(=O)N1CCc2ccc(N)cc2C1. The molecule has 1 heterocycles. The first kappa shape index (κ1) is 13.4. The molecular formula is C13H20N2O2S. The van der Waals surface area contributed by atoms with Crippen LogP contribution in [0.5, 0.6) is 0 Å². The number of fused-ring (bicyclic) bond motifs is 1. The predicted molar refractivity (Wildman–Crippen MR) is 73.6 cm³/mol. The van der Waals surface area contributed by atoms with E-state index in [9.17, 15) is 8.42 Å². The second kappa shape index (κ2) is 4.24. The minimum Gasteiger partial charge on any atom is -0.399 e. The minimum atomic E-state index is -3.26. The Bertz CT molecular complexity index is 559. The van der Waals surface area contributed by atoms with Gasteiger partial charge in [0.2, 0.25) is 10.0 Å². The molecule has 2 N–H and O–H groups in total. The van der Waals surface area contributed by atoms with Gasteiger partial charge in [0.05, 0.1) is 4.75 Å². The molecule has 18 heavy (non-hydrogen) atoms. The summed E-state index contributed by atoms with van der Waals surface area (Å²) in [5.74, 6) is 0. The Kier molecular flexibility index (Phi) is 3.15. The highest BCUT2D eigenvalue weighted by Gasteiger charge is 2.36. The fraction of sp³-hybridized carbons (Fsp3) is 0.538. The predicted octanol–water partition coefficient (Wildman–Crippen LogP) is 1.76. The molecule has 0 amide bonds. The Balaban J connectivity index is 2.33. The monoisotopic (exact) mass is 268 g/mol. The van der Waals surface area contributed by atoms with E-state index in [-0.39, 0.29) is 0 Å². The normalized spacial score (nSPS) is 17.5. The van der Waals surface area contributed by atoms with Crippen LogP contribution in [0, 0.1) is 0 Å². The molecule has 0 bridgehead atoms. The molecular weight excluding hydrogens is 248 g/mol. The van der Waals surface area contributed by atoms with E-state index in [2.05, 4.69) is 0 Å². The van der Waals surface area contributed by atoms with Crippen LogP contribution in [0.2, 0.25) is 0 Å². The lowest BCUT2D eigenvalue weighted by Crippen LogP contribution is -2.45. The van der Waals surface area contributed by atoms with Crippen molar-refractivity contribution in [3.05, 3.63) is 29.3 Å². The van der Waals surface area contributed by atoms with E-state index in [0.717, 1.165) is 12.0 Å². The quantitative estimate of drug-likeness (QED) is 0.789. The number of nitrogen functional groups attached to an aromatic ring is 1. The molecule has 0 aliphatic carbocycles. The summed E-state index contributed by atoms with van der Waals surface area (Å²) in [6, 6.07) is 5.73. The molecule has 0 radical (unpaired) electrons. The van der Waals surface area contributed by atoms with Gasteiger partial charge in [0.1, 0.15) is 0 Å². The van der Waals surface area contributed by atoms with Crippen LogP contribution in [0.1, 0.15) is 31.9 Å². The Morgan fingerprint density at radius 1 is 1.22 bits per heavy atom. The summed E-state index contributed by atoms with van der Waals surface area (Å²) >= 11 is 0. The second-order valence-corrected chi connectivity index (χ2v) is 8.42. The molecule has 5 heteroatoms. The summed E-state index contributed by atoms with van der Waals surface area (Å²) in [6.45, 7) is 6.18. The first-order valence-electron chi connectivity index (χ1n) is 6.09. The van der Waals surface area contributed by atoms with E-state index in [0.29, 0.717) is 18.8 Å². The number of anilines is 1. The molecule has 0 unspecified atom stereocenters. The van der Waals surface area contributed by atoms with Crippen molar-refractivity contribution in [1.29, 1.82) is 0 Å². The summed E-state index contributed by atoms with van der Waals surface area (Å²) in [5.41, 5.74) is 8.66. The fourth-order valence-corrected chi connectivity index (χ4v) is 3.56. The van der Waals surface area contributed by atoms with Crippen LogP contribution in [-0.2, 0) is 23.0 Å². The zero-order valence-corrected chi connectivity index (χ0v) is 11.9. The van der Waals surface area contributed by atoms with Gasteiger partial charge in [-0.3, -0.25) is 0 Å². The molecule has 1 aliphatic rings. The second-order valence-electron chi connectivity index (χ2n) is 5.73. The molecule has 2 rings (SSSR count). The number of nitrogens with zero attached hydrogens (tertiary/aromatic N) is 1. The van der Waals surface area contributed by atoms with Crippen molar-refractivity contribution >= 4 is 15.7 Å². The highest BCUT2D eigenvalue weighted by molar-refractivity contribution is 7.90. The van der Waals surface area contributed by atoms with E-state index >= 15 is 0 Å². The zero-order valence-electron chi connectivity index (χ0n) is 11.1. The van der Waals surface area contributed by atoms with E-state index in [1.807, 2.05) is 18.2 Å². The highest BCUT2D eigenvalue weighted by atomic mass is 32.2. The fourth-order valence-electron chi connectivity index (χ4n) is 2.14. The number of nitrogens with two attached hydrogens (primary N) is 1. The lowest BCUT2D eigenvalue weighted by molar-refractivity contribution is 0.376. The maximum absolute atomic E-state index is 12.4. The summed E-state index contributed by atoms with van der Waals surface area (Å²) in [4.78, 5) is 0. The van der Waals surface area contributed by atoms with Crippen molar-refractivity contribution in [2.24, 2.45) is 0 Å². The lowest BCUT2D eigenvalue weighted by atomic mass is 10.0. The zero-order chi connectivity index (χ0) is 13.6. The van der Waals surface area contributed by atoms with Crippen LogP contribution in [0.25, 0.3) is 0 Å². The number of sulfonamides is 1. The first-order chi connectivity index (χ1) is 8.22. The van der Waals surface area contributed by atoms with Gasteiger partial charge < -0.3 is 5.73 Å². The topological polar surface area (TPSA) is 63.4 Å². The van der Waals surface area contributed by atoms with Gasteiger partial charge in [-0.25, -0.2) is 8.42 Å². The van der Waals surface area contributed by atoms with Crippen molar-refractivity contribution in [2.45, 2.75) is 38.5 Å². The molecule has 100 valence electrons. The van der Waals surface area contributed by atoms with Crippen molar-refractivity contribution in [2.75, 3.05) is 12.3 Å². The van der Waals surface area contributed by atoms with Gasteiger partial charge in [0.15, 0.2) is 0 Å². The maximum atomic E-state index is 12.4. The minimum absolute atomic E-state index is 0.431. The average molecular weight is 268 g/mol. The van der Waals surface area contributed by atoms with Gasteiger partial charge in [-0.05, 0) is 50.5 Å². The van der Waals surface area contributed by atoms with Crippen LogP contribution in [0.15, 0.2) is 18.2 Å². The third kappa shape index (κ3) is 2.24. The molecule has 0 fully saturated rings. The van der Waals surface area contributed by atoms with Crippen molar-refractivity contribution in [3.8, 4) is 0 Å². The van der Waals surface area contributed by atoms with Crippen LogP contribution in [-0.4, -0.2) is 24.0 Å². The molecule has 0 aromatic heterocycles.